The third kappa shape index (κ3) is 10.9. The van der Waals surface area contributed by atoms with Crippen LogP contribution in [0.4, 0.5) is 0 Å². The van der Waals surface area contributed by atoms with Crippen molar-refractivity contribution in [2.24, 2.45) is 10.9 Å². The molecule has 0 saturated heterocycles. The Bertz CT molecular complexity index is 397. The Morgan fingerprint density at radius 3 is 2.48 bits per heavy atom. The number of carbonyl (C=O) groups excluding carboxylic acids is 1. The van der Waals surface area contributed by atoms with Crippen molar-refractivity contribution in [2.45, 2.75) is 63.8 Å². The van der Waals surface area contributed by atoms with Crippen molar-refractivity contribution < 1.29 is 9.53 Å². The highest BCUT2D eigenvalue weighted by atomic mass is 127. The fourth-order valence-electron chi connectivity index (χ4n) is 2.98. The third-order valence-electron chi connectivity index (χ3n) is 4.65. The van der Waals surface area contributed by atoms with Gasteiger partial charge in [0.05, 0.1) is 0 Å². The van der Waals surface area contributed by atoms with Gasteiger partial charge in [0.25, 0.3) is 0 Å². The number of nitrogens with one attached hydrogen (secondary N) is 3. The largest absolute Gasteiger partial charge is 0.381 e. The van der Waals surface area contributed by atoms with Crippen molar-refractivity contribution in [2.75, 3.05) is 33.4 Å². The molecule has 0 bridgehead atoms. The Morgan fingerprint density at radius 2 is 1.80 bits per heavy atom. The minimum absolute atomic E-state index is 0. The number of hydrogen-bond acceptors (Lipinski definition) is 3. The van der Waals surface area contributed by atoms with E-state index < -0.39 is 0 Å². The van der Waals surface area contributed by atoms with Gasteiger partial charge in [0.2, 0.25) is 5.91 Å². The van der Waals surface area contributed by atoms with Gasteiger partial charge in [-0.05, 0) is 38.0 Å². The molecule has 0 spiro atoms. The Balaban J connectivity index is 0.00000312. The molecule has 0 aliphatic heterocycles. The van der Waals surface area contributed by atoms with E-state index in [0.717, 1.165) is 50.9 Å². The van der Waals surface area contributed by atoms with Gasteiger partial charge in [-0.15, -0.1) is 24.0 Å². The zero-order chi connectivity index (χ0) is 17.0. The lowest BCUT2D eigenvalue weighted by molar-refractivity contribution is -0.121. The average molecular weight is 466 g/mol. The topological polar surface area (TPSA) is 74.8 Å². The van der Waals surface area contributed by atoms with Crippen molar-refractivity contribution in [3.63, 3.8) is 0 Å². The fraction of sp³-hybridized carbons (Fsp3) is 0.889. The van der Waals surface area contributed by atoms with Crippen molar-refractivity contribution in [3.05, 3.63) is 0 Å². The molecule has 2 aliphatic carbocycles. The van der Waals surface area contributed by atoms with Crippen molar-refractivity contribution >= 4 is 35.8 Å². The first-order valence-corrected chi connectivity index (χ1v) is 9.59. The lowest BCUT2D eigenvalue weighted by Gasteiger charge is -2.22. The van der Waals surface area contributed by atoms with Crippen LogP contribution >= 0.6 is 24.0 Å². The molecule has 146 valence electrons. The van der Waals surface area contributed by atoms with Crippen LogP contribution in [0.25, 0.3) is 0 Å². The standard InChI is InChI=1S/C18H34N4O2.HI/c1-19-18(20-11-5-13-24-14-15-8-9-15)21-12-10-17(23)22-16-6-3-2-4-7-16;/h15-16H,2-14H2,1H3,(H,22,23)(H2,19,20,21);1H. The minimum atomic E-state index is 0. The zero-order valence-electron chi connectivity index (χ0n) is 15.5. The quantitative estimate of drug-likeness (QED) is 0.200. The summed E-state index contributed by atoms with van der Waals surface area (Å²) in [5.74, 6) is 1.72. The van der Waals surface area contributed by atoms with E-state index in [1.807, 2.05) is 0 Å². The number of guanidine groups is 1. The maximum atomic E-state index is 11.9. The molecule has 2 saturated carbocycles. The van der Waals surface area contributed by atoms with Gasteiger partial charge in [0.15, 0.2) is 5.96 Å². The predicted molar refractivity (Wildman–Crippen MR) is 113 cm³/mol. The van der Waals surface area contributed by atoms with Crippen molar-refractivity contribution in [1.29, 1.82) is 0 Å². The first-order chi connectivity index (χ1) is 11.8. The Labute approximate surface area is 169 Å². The SMILES string of the molecule is CN=C(NCCCOCC1CC1)NCCC(=O)NC1CCCCC1.I. The molecule has 0 atom stereocenters. The first kappa shape index (κ1) is 22.5. The van der Waals surface area contributed by atoms with Crippen LogP contribution in [0.15, 0.2) is 4.99 Å². The van der Waals surface area contributed by atoms with Crippen LogP contribution in [0.3, 0.4) is 0 Å². The second-order valence-electron chi connectivity index (χ2n) is 6.95. The summed E-state index contributed by atoms with van der Waals surface area (Å²) in [7, 11) is 1.75. The summed E-state index contributed by atoms with van der Waals surface area (Å²) in [4.78, 5) is 16.1. The van der Waals surface area contributed by atoms with Gasteiger partial charge >= 0.3 is 0 Å². The molecular formula is C18H35IN4O2. The smallest absolute Gasteiger partial charge is 0.221 e. The first-order valence-electron chi connectivity index (χ1n) is 9.59. The third-order valence-corrected chi connectivity index (χ3v) is 4.65. The van der Waals surface area contributed by atoms with E-state index in [0.29, 0.717) is 19.0 Å². The molecule has 0 aromatic heterocycles. The van der Waals surface area contributed by atoms with Gasteiger partial charge in [-0.3, -0.25) is 9.79 Å². The molecule has 0 aromatic carbocycles. The highest BCUT2D eigenvalue weighted by Gasteiger charge is 2.20. The molecule has 2 rings (SSSR count). The molecule has 6 nitrogen and oxygen atoms in total. The van der Waals surface area contributed by atoms with E-state index in [1.54, 1.807) is 7.05 Å². The molecule has 7 heteroatoms. The van der Waals surface area contributed by atoms with E-state index in [2.05, 4.69) is 20.9 Å². The Kier molecular flexibility index (Phi) is 12.2. The van der Waals surface area contributed by atoms with Gasteiger partial charge in [-0.25, -0.2) is 0 Å². The van der Waals surface area contributed by atoms with Gasteiger partial charge in [0, 0.05) is 45.8 Å². The monoisotopic (exact) mass is 466 g/mol. The van der Waals surface area contributed by atoms with E-state index >= 15 is 0 Å². The maximum absolute atomic E-state index is 11.9. The van der Waals surface area contributed by atoms with Crippen LogP contribution in [0.2, 0.25) is 0 Å². The zero-order valence-corrected chi connectivity index (χ0v) is 17.8. The van der Waals surface area contributed by atoms with E-state index in [9.17, 15) is 4.79 Å². The summed E-state index contributed by atoms with van der Waals surface area (Å²) in [6.45, 7) is 3.16. The van der Waals surface area contributed by atoms with Crippen LogP contribution in [-0.4, -0.2) is 51.3 Å². The Morgan fingerprint density at radius 1 is 1.08 bits per heavy atom. The van der Waals surface area contributed by atoms with Crippen LogP contribution in [0, 0.1) is 5.92 Å². The summed E-state index contributed by atoms with van der Waals surface area (Å²) in [6.07, 6.45) is 10.2. The number of amides is 1. The van der Waals surface area contributed by atoms with E-state index in [1.165, 1.54) is 32.1 Å². The Hall–Kier alpha value is -0.570. The second kappa shape index (κ2) is 13.6. The second-order valence-corrected chi connectivity index (χ2v) is 6.95. The van der Waals surface area contributed by atoms with E-state index in [4.69, 9.17) is 4.74 Å². The lowest BCUT2D eigenvalue weighted by Crippen LogP contribution is -2.41. The number of rotatable bonds is 10. The summed E-state index contributed by atoms with van der Waals surface area (Å²) >= 11 is 0. The van der Waals surface area contributed by atoms with Crippen LogP contribution < -0.4 is 16.0 Å². The highest BCUT2D eigenvalue weighted by molar-refractivity contribution is 14.0. The normalized spacial score (nSPS) is 18.4. The minimum Gasteiger partial charge on any atom is -0.381 e. The number of nitrogens with zero attached hydrogens (tertiary/aromatic N) is 1. The number of hydrogen-bond donors (Lipinski definition) is 3. The van der Waals surface area contributed by atoms with Crippen molar-refractivity contribution in [1.82, 2.24) is 16.0 Å². The highest BCUT2D eigenvalue weighted by Crippen LogP contribution is 2.28. The lowest BCUT2D eigenvalue weighted by atomic mass is 9.95. The summed E-state index contributed by atoms with van der Waals surface area (Å²) < 4.78 is 5.60. The molecule has 2 fully saturated rings. The van der Waals surface area contributed by atoms with Gasteiger partial charge in [-0.1, -0.05) is 19.3 Å². The van der Waals surface area contributed by atoms with Crippen LogP contribution in [-0.2, 0) is 9.53 Å². The number of carbonyl (C=O) groups is 1. The van der Waals surface area contributed by atoms with Crippen molar-refractivity contribution in [3.8, 4) is 0 Å². The summed E-state index contributed by atoms with van der Waals surface area (Å²) in [5.41, 5.74) is 0. The number of halogens is 1. The van der Waals surface area contributed by atoms with Gasteiger partial charge in [-0.2, -0.15) is 0 Å². The van der Waals surface area contributed by atoms with E-state index in [-0.39, 0.29) is 29.9 Å². The summed E-state index contributed by atoms with van der Waals surface area (Å²) in [5, 5.41) is 9.58. The molecule has 3 N–H and O–H groups in total. The average Bonchev–Trinajstić information content (AvgIpc) is 3.41. The van der Waals surface area contributed by atoms with Gasteiger partial charge in [0.1, 0.15) is 0 Å². The molecule has 1 amide bonds. The molecule has 0 unspecified atom stereocenters. The van der Waals surface area contributed by atoms with Crippen LogP contribution in [0.1, 0.15) is 57.8 Å². The molecule has 0 heterocycles. The molecule has 2 aliphatic rings. The molecule has 25 heavy (non-hydrogen) atoms. The number of aliphatic imine (C=N–C) groups is 1. The molecule has 0 aromatic rings. The molecule has 0 radical (unpaired) electrons. The predicted octanol–water partition coefficient (Wildman–Crippen LogP) is 2.43. The van der Waals surface area contributed by atoms with Crippen LogP contribution in [0.5, 0.6) is 0 Å². The molecular weight excluding hydrogens is 431 g/mol. The maximum Gasteiger partial charge on any atom is 0.221 e. The van der Waals surface area contributed by atoms with Gasteiger partial charge < -0.3 is 20.7 Å². The number of ether oxygens (including phenoxy) is 1. The fourth-order valence-corrected chi connectivity index (χ4v) is 2.98. The summed E-state index contributed by atoms with van der Waals surface area (Å²) in [6, 6.07) is 0.388.